The molecule has 0 spiro atoms. The molecule has 3 amide bonds. The van der Waals surface area contributed by atoms with E-state index in [1.165, 1.54) is 13.2 Å². The van der Waals surface area contributed by atoms with Crippen molar-refractivity contribution >= 4 is 56.5 Å². The summed E-state index contributed by atoms with van der Waals surface area (Å²) in [5, 5.41) is 1.30. The first kappa shape index (κ1) is 24.6. The molecule has 33 heavy (non-hydrogen) atoms. The third-order valence-corrected chi connectivity index (χ3v) is 5.95. The first-order valence-electron chi connectivity index (χ1n) is 9.35. The van der Waals surface area contributed by atoms with Crippen molar-refractivity contribution in [3.05, 3.63) is 56.7 Å². The fourth-order valence-corrected chi connectivity index (χ4v) is 4.09. The number of hydrogen-bond acceptors (Lipinski definition) is 6. The Morgan fingerprint density at radius 1 is 1.18 bits per heavy atom. The molecule has 12 heteroatoms. The van der Waals surface area contributed by atoms with Gasteiger partial charge in [0.1, 0.15) is 6.54 Å². The number of hydrogen-bond donors (Lipinski definition) is 1. The van der Waals surface area contributed by atoms with Crippen LogP contribution in [-0.4, -0.2) is 42.2 Å². The van der Waals surface area contributed by atoms with Crippen LogP contribution in [0.2, 0.25) is 0 Å². The lowest BCUT2D eigenvalue weighted by molar-refractivity contribution is -0.127. The molecule has 3 rings (SSSR count). The Hall–Kier alpha value is -2.99. The zero-order chi connectivity index (χ0) is 24.3. The summed E-state index contributed by atoms with van der Waals surface area (Å²) in [4.78, 5) is 37.9. The molecule has 1 fully saturated rings. The van der Waals surface area contributed by atoms with Crippen LogP contribution in [0.5, 0.6) is 11.5 Å². The van der Waals surface area contributed by atoms with E-state index in [1.54, 1.807) is 12.1 Å². The van der Waals surface area contributed by atoms with E-state index in [4.69, 9.17) is 9.47 Å². The van der Waals surface area contributed by atoms with Gasteiger partial charge in [-0.15, -0.1) is 0 Å². The summed E-state index contributed by atoms with van der Waals surface area (Å²) >= 11 is 3.99. The molecule has 7 nitrogen and oxygen atoms in total. The van der Waals surface area contributed by atoms with E-state index in [1.807, 2.05) is 12.2 Å². The number of benzene rings is 2. The lowest BCUT2D eigenvalue weighted by atomic mass is 10.2. The molecular formula is C21H16BrF3N2O5S. The van der Waals surface area contributed by atoms with Gasteiger partial charge in [0.15, 0.2) is 29.0 Å². The Morgan fingerprint density at radius 2 is 1.91 bits per heavy atom. The van der Waals surface area contributed by atoms with Gasteiger partial charge in [0.25, 0.3) is 11.1 Å². The zero-order valence-corrected chi connectivity index (χ0v) is 19.6. The first-order valence-corrected chi connectivity index (χ1v) is 11.0. The van der Waals surface area contributed by atoms with Gasteiger partial charge in [0, 0.05) is 4.47 Å². The number of halogens is 4. The van der Waals surface area contributed by atoms with Crippen LogP contribution in [0.15, 0.2) is 33.6 Å². The summed E-state index contributed by atoms with van der Waals surface area (Å²) < 4.78 is 51.5. The van der Waals surface area contributed by atoms with E-state index in [2.05, 4.69) is 15.9 Å². The van der Waals surface area contributed by atoms with E-state index in [0.717, 1.165) is 6.07 Å². The second-order valence-corrected chi connectivity index (χ2v) is 8.34. The summed E-state index contributed by atoms with van der Waals surface area (Å²) in [7, 11) is 1.46. The molecule has 1 aliphatic heterocycles. The standard InChI is InChI=1S/C21H16BrF3N2O5S/c1-3-32-15-8-11(22)10(6-14(15)31-2)7-16-20(29)27(21(30)33-16)9-17(28)26-13-5-4-12(23)18(24)19(13)25/h4-8H,3,9H2,1-2H3,(H,26,28)/b16-7-. The molecular weight excluding hydrogens is 529 g/mol. The number of ether oxygens (including phenoxy) is 2. The molecule has 0 saturated carbocycles. The van der Waals surface area contributed by atoms with Crippen molar-refractivity contribution in [2.75, 3.05) is 25.6 Å². The summed E-state index contributed by atoms with van der Waals surface area (Å²) in [6.07, 6.45) is 1.44. The molecule has 1 aliphatic rings. The third-order valence-electron chi connectivity index (χ3n) is 4.35. The highest BCUT2D eigenvalue weighted by molar-refractivity contribution is 9.10. The van der Waals surface area contributed by atoms with Gasteiger partial charge < -0.3 is 14.8 Å². The average Bonchev–Trinajstić information content (AvgIpc) is 3.03. The van der Waals surface area contributed by atoms with Gasteiger partial charge >= 0.3 is 0 Å². The van der Waals surface area contributed by atoms with Crippen LogP contribution < -0.4 is 14.8 Å². The van der Waals surface area contributed by atoms with Gasteiger partial charge in [0.2, 0.25) is 5.91 Å². The predicted molar refractivity (Wildman–Crippen MR) is 119 cm³/mol. The second kappa shape index (κ2) is 10.3. The van der Waals surface area contributed by atoms with Gasteiger partial charge in [-0.05, 0) is 54.6 Å². The molecule has 174 valence electrons. The Morgan fingerprint density at radius 3 is 2.58 bits per heavy atom. The largest absolute Gasteiger partial charge is 0.493 e. The lowest BCUT2D eigenvalue weighted by Crippen LogP contribution is -2.36. The Bertz CT molecular complexity index is 1180. The molecule has 0 atom stereocenters. The van der Waals surface area contributed by atoms with Crippen molar-refractivity contribution in [2.24, 2.45) is 0 Å². The van der Waals surface area contributed by atoms with Crippen LogP contribution in [0.25, 0.3) is 6.08 Å². The fraction of sp³-hybridized carbons (Fsp3) is 0.190. The number of nitrogens with one attached hydrogen (secondary N) is 1. The first-order chi connectivity index (χ1) is 15.7. The maximum Gasteiger partial charge on any atom is 0.294 e. The van der Waals surface area contributed by atoms with Crippen LogP contribution >= 0.6 is 27.7 Å². The van der Waals surface area contributed by atoms with Crippen LogP contribution in [0.4, 0.5) is 23.7 Å². The smallest absolute Gasteiger partial charge is 0.294 e. The van der Waals surface area contributed by atoms with Gasteiger partial charge in [-0.1, -0.05) is 15.9 Å². The molecule has 2 aromatic rings. The van der Waals surface area contributed by atoms with Crippen LogP contribution in [0, 0.1) is 17.5 Å². The minimum absolute atomic E-state index is 0.0405. The molecule has 1 N–H and O–H groups in total. The number of anilines is 1. The lowest BCUT2D eigenvalue weighted by Gasteiger charge is -2.13. The molecule has 2 aromatic carbocycles. The topological polar surface area (TPSA) is 84.9 Å². The summed E-state index contributed by atoms with van der Waals surface area (Å²) in [5.74, 6) is -5.57. The van der Waals surface area contributed by atoms with Crippen molar-refractivity contribution in [1.29, 1.82) is 0 Å². The zero-order valence-electron chi connectivity index (χ0n) is 17.2. The van der Waals surface area contributed by atoms with Gasteiger partial charge in [0.05, 0.1) is 24.3 Å². The Labute approximate surface area is 199 Å². The number of carbonyl (C=O) groups excluding carboxylic acids is 3. The highest BCUT2D eigenvalue weighted by Crippen LogP contribution is 2.38. The van der Waals surface area contributed by atoms with Crippen molar-refractivity contribution in [2.45, 2.75) is 6.92 Å². The van der Waals surface area contributed by atoms with E-state index in [-0.39, 0.29) is 4.91 Å². The van der Waals surface area contributed by atoms with E-state index in [0.29, 0.717) is 50.9 Å². The molecule has 0 aliphatic carbocycles. The molecule has 1 heterocycles. The van der Waals surface area contributed by atoms with Crippen molar-refractivity contribution < 1.29 is 37.0 Å². The average molecular weight is 545 g/mol. The molecule has 1 saturated heterocycles. The van der Waals surface area contributed by atoms with E-state index >= 15 is 0 Å². The fourth-order valence-electron chi connectivity index (χ4n) is 2.82. The van der Waals surface area contributed by atoms with E-state index < -0.39 is 46.7 Å². The summed E-state index contributed by atoms with van der Waals surface area (Å²) in [6, 6.07) is 4.74. The number of carbonyl (C=O) groups is 3. The van der Waals surface area contributed by atoms with Crippen LogP contribution in [0.1, 0.15) is 12.5 Å². The second-order valence-electron chi connectivity index (χ2n) is 6.50. The van der Waals surface area contributed by atoms with Gasteiger partial charge in [-0.2, -0.15) is 0 Å². The Kier molecular flexibility index (Phi) is 7.69. The van der Waals surface area contributed by atoms with Crippen molar-refractivity contribution in [1.82, 2.24) is 4.90 Å². The molecule has 0 unspecified atom stereocenters. The third kappa shape index (κ3) is 5.33. The normalized spacial score (nSPS) is 14.7. The highest BCUT2D eigenvalue weighted by Gasteiger charge is 2.36. The minimum Gasteiger partial charge on any atom is -0.493 e. The van der Waals surface area contributed by atoms with Gasteiger partial charge in [-0.3, -0.25) is 19.3 Å². The highest BCUT2D eigenvalue weighted by atomic mass is 79.9. The van der Waals surface area contributed by atoms with Gasteiger partial charge in [-0.25, -0.2) is 13.2 Å². The Balaban J connectivity index is 1.78. The molecule has 0 radical (unpaired) electrons. The summed E-state index contributed by atoms with van der Waals surface area (Å²) in [5.41, 5.74) is -0.0964. The maximum atomic E-state index is 13.8. The van der Waals surface area contributed by atoms with E-state index in [9.17, 15) is 27.6 Å². The molecule has 0 bridgehead atoms. The van der Waals surface area contributed by atoms with Crippen LogP contribution in [-0.2, 0) is 9.59 Å². The van der Waals surface area contributed by atoms with Crippen LogP contribution in [0.3, 0.4) is 0 Å². The summed E-state index contributed by atoms with van der Waals surface area (Å²) in [6.45, 7) is 1.49. The number of nitrogens with zero attached hydrogens (tertiary/aromatic N) is 1. The monoisotopic (exact) mass is 544 g/mol. The molecule has 0 aromatic heterocycles. The number of rotatable bonds is 7. The number of amides is 3. The number of methoxy groups -OCH3 is 1. The predicted octanol–water partition coefficient (Wildman–Crippen LogP) is 4.95. The maximum absolute atomic E-state index is 13.8. The minimum atomic E-state index is -1.75. The number of thioether (sulfide) groups is 1. The SMILES string of the molecule is CCOc1cc(Br)c(/C=C2\SC(=O)N(CC(=O)Nc3ccc(F)c(F)c3F)C2=O)cc1OC. The van der Waals surface area contributed by atoms with Crippen molar-refractivity contribution in [3.63, 3.8) is 0 Å². The van der Waals surface area contributed by atoms with Crippen molar-refractivity contribution in [3.8, 4) is 11.5 Å². The quantitative estimate of drug-likeness (QED) is 0.392. The number of imide groups is 1.